The minimum Gasteiger partial charge on any atom is -0.497 e. The molecule has 42 heavy (non-hydrogen) atoms. The van der Waals surface area contributed by atoms with Crippen LogP contribution in [0, 0.1) is 24.4 Å². The molecule has 0 aliphatic carbocycles. The first-order valence-electron chi connectivity index (χ1n) is 13.2. The normalized spacial score (nSPS) is 19.1. The second kappa shape index (κ2) is 10.3. The van der Waals surface area contributed by atoms with E-state index in [1.54, 1.807) is 29.2 Å². The van der Waals surface area contributed by atoms with Gasteiger partial charge in [-0.25, -0.2) is 22.7 Å². The monoisotopic (exact) mass is 589 g/mol. The summed E-state index contributed by atoms with van der Waals surface area (Å²) in [7, 11) is 1.47. The van der Waals surface area contributed by atoms with Gasteiger partial charge in [0.1, 0.15) is 17.1 Å². The fraction of sp³-hybridized carbons (Fsp3) is 0.345. The van der Waals surface area contributed by atoms with Crippen LogP contribution >= 0.6 is 0 Å². The number of piperidine rings is 2. The molecule has 13 heteroatoms. The Morgan fingerprint density at radius 1 is 1.05 bits per heavy atom. The van der Waals surface area contributed by atoms with Crippen LogP contribution in [0.25, 0.3) is 16.9 Å². The van der Waals surface area contributed by atoms with Gasteiger partial charge in [-0.2, -0.15) is 18.3 Å². The van der Waals surface area contributed by atoms with Crippen LogP contribution in [0.5, 0.6) is 5.75 Å². The largest absolute Gasteiger partial charge is 0.497 e. The highest BCUT2D eigenvalue weighted by molar-refractivity contribution is 6.00. The Hall–Kier alpha value is -4.13. The zero-order valence-electron chi connectivity index (χ0n) is 22.6. The maximum atomic E-state index is 14.3. The molecule has 3 fully saturated rings. The fourth-order valence-corrected chi connectivity index (χ4v) is 6.04. The highest BCUT2D eigenvalue weighted by Crippen LogP contribution is 2.38. The summed E-state index contributed by atoms with van der Waals surface area (Å²) >= 11 is 0. The van der Waals surface area contributed by atoms with Crippen LogP contribution in [0.15, 0.2) is 42.6 Å². The van der Waals surface area contributed by atoms with Gasteiger partial charge in [0, 0.05) is 54.5 Å². The number of hydrogen-bond acceptors (Lipinski definition) is 5. The van der Waals surface area contributed by atoms with Gasteiger partial charge in [0.05, 0.1) is 19.0 Å². The molecular formula is C29H25F6N5O2. The molecule has 2 aromatic heterocycles. The fourth-order valence-electron chi connectivity index (χ4n) is 6.04. The van der Waals surface area contributed by atoms with Crippen LogP contribution in [-0.2, 0) is 12.7 Å². The van der Waals surface area contributed by atoms with E-state index in [0.717, 1.165) is 12.3 Å². The van der Waals surface area contributed by atoms with Crippen molar-refractivity contribution in [2.24, 2.45) is 0 Å². The van der Waals surface area contributed by atoms with Crippen LogP contribution in [0.4, 0.5) is 26.3 Å². The van der Waals surface area contributed by atoms with E-state index in [9.17, 15) is 31.1 Å². The van der Waals surface area contributed by atoms with E-state index in [4.69, 9.17) is 4.74 Å². The summed E-state index contributed by atoms with van der Waals surface area (Å²) in [5.74, 6) is -3.27. The van der Waals surface area contributed by atoms with E-state index in [1.807, 2.05) is 4.90 Å². The van der Waals surface area contributed by atoms with Crippen molar-refractivity contribution in [3.05, 3.63) is 82.4 Å². The van der Waals surface area contributed by atoms with Gasteiger partial charge in [-0.1, -0.05) is 0 Å². The van der Waals surface area contributed by atoms with Crippen LogP contribution in [0.2, 0.25) is 0 Å². The van der Waals surface area contributed by atoms with E-state index in [0.29, 0.717) is 41.3 Å². The standard InChI is InChI=1S/C29H25F6N5O2/c1-15-25(16-3-7-21(42-2)8-4-16)37-27-22(11-36-40(27)26(15)29(33,34)35)28(41)39-14-19-5-6-20(39)13-38(19)12-17-9-18(30)10-23(31)24(17)32/h3-4,7-11,19-20H,5-6,12-14H2,1-2H3. The summed E-state index contributed by atoms with van der Waals surface area (Å²) in [5.41, 5.74) is -1.13. The average Bonchev–Trinajstić information content (AvgIpc) is 3.37. The Morgan fingerprint density at radius 2 is 1.76 bits per heavy atom. The third kappa shape index (κ3) is 4.75. The molecule has 7 nitrogen and oxygen atoms in total. The minimum absolute atomic E-state index is 0.0403. The number of piperazine rings is 1. The molecule has 2 bridgehead atoms. The smallest absolute Gasteiger partial charge is 0.433 e. The van der Waals surface area contributed by atoms with Gasteiger partial charge in [0.2, 0.25) is 0 Å². The quantitative estimate of drug-likeness (QED) is 0.223. The molecule has 1 amide bonds. The number of ether oxygens (including phenoxy) is 1. The molecule has 3 aliphatic rings. The predicted octanol–water partition coefficient (Wildman–Crippen LogP) is 5.64. The average molecular weight is 590 g/mol. The van der Waals surface area contributed by atoms with E-state index in [1.165, 1.54) is 14.0 Å². The molecule has 0 spiro atoms. The van der Waals surface area contributed by atoms with Crippen molar-refractivity contribution in [3.63, 3.8) is 0 Å². The van der Waals surface area contributed by atoms with Crippen molar-refractivity contribution in [1.82, 2.24) is 24.4 Å². The third-order valence-electron chi connectivity index (χ3n) is 8.09. The molecule has 7 rings (SSSR count). The Labute approximate surface area is 236 Å². The molecule has 3 aliphatic heterocycles. The zero-order chi connectivity index (χ0) is 29.9. The van der Waals surface area contributed by atoms with Gasteiger partial charge >= 0.3 is 6.18 Å². The highest BCUT2D eigenvalue weighted by Gasteiger charge is 2.43. The predicted molar refractivity (Wildman–Crippen MR) is 139 cm³/mol. The zero-order valence-corrected chi connectivity index (χ0v) is 22.6. The number of carbonyl (C=O) groups is 1. The molecule has 220 valence electrons. The maximum absolute atomic E-state index is 14.3. The lowest BCUT2D eigenvalue weighted by Gasteiger charge is -2.51. The number of halogens is 6. The topological polar surface area (TPSA) is 63.0 Å². The lowest BCUT2D eigenvalue weighted by molar-refractivity contribution is -0.143. The number of benzene rings is 2. The number of nitrogens with zero attached hydrogens (tertiary/aromatic N) is 5. The first-order chi connectivity index (χ1) is 20.0. The van der Waals surface area contributed by atoms with Crippen LogP contribution in [0.1, 0.15) is 40.0 Å². The summed E-state index contributed by atoms with van der Waals surface area (Å²) in [4.78, 5) is 21.8. The summed E-state index contributed by atoms with van der Waals surface area (Å²) in [6.45, 7) is 1.79. The van der Waals surface area contributed by atoms with E-state index in [2.05, 4.69) is 10.1 Å². The number of alkyl halides is 3. The SMILES string of the molecule is COc1ccc(-c2nc3c(C(=O)N4CC5CCC4CN5Cc4cc(F)cc(F)c4F)cnn3c(C(F)(F)F)c2C)cc1. The summed E-state index contributed by atoms with van der Waals surface area (Å²) in [6.07, 6.45) is -2.40. The first-order valence-corrected chi connectivity index (χ1v) is 13.2. The Balaban J connectivity index is 1.33. The lowest BCUT2D eigenvalue weighted by atomic mass is 9.89. The Morgan fingerprint density at radius 3 is 2.40 bits per heavy atom. The number of carbonyl (C=O) groups excluding carboxylic acids is 1. The Bertz CT molecular complexity index is 1690. The molecule has 0 N–H and O–H groups in total. The third-order valence-corrected chi connectivity index (χ3v) is 8.09. The van der Waals surface area contributed by atoms with Gasteiger partial charge in [0.15, 0.2) is 23.0 Å². The number of hydrogen-bond donors (Lipinski definition) is 0. The molecule has 2 atom stereocenters. The molecular weight excluding hydrogens is 564 g/mol. The lowest BCUT2D eigenvalue weighted by Crippen LogP contribution is -2.63. The van der Waals surface area contributed by atoms with E-state index >= 15 is 0 Å². The van der Waals surface area contributed by atoms with Crippen LogP contribution < -0.4 is 4.74 Å². The molecule has 3 saturated heterocycles. The second-order valence-electron chi connectivity index (χ2n) is 10.6. The minimum atomic E-state index is -4.78. The van der Waals surface area contributed by atoms with Crippen molar-refractivity contribution in [1.29, 1.82) is 0 Å². The summed E-state index contributed by atoms with van der Waals surface area (Å²) in [6, 6.07) is 7.26. The number of rotatable bonds is 5. The molecule has 4 aromatic rings. The van der Waals surface area contributed by atoms with Crippen molar-refractivity contribution in [3.8, 4) is 17.0 Å². The van der Waals surface area contributed by atoms with Gasteiger partial charge < -0.3 is 9.64 Å². The second-order valence-corrected chi connectivity index (χ2v) is 10.6. The number of methoxy groups -OCH3 is 1. The van der Waals surface area contributed by atoms with Crippen molar-refractivity contribution in [2.75, 3.05) is 20.2 Å². The molecule has 0 saturated carbocycles. The molecule has 0 radical (unpaired) electrons. The maximum Gasteiger partial charge on any atom is 0.433 e. The number of amides is 1. The van der Waals surface area contributed by atoms with Gasteiger partial charge in [-0.3, -0.25) is 9.69 Å². The van der Waals surface area contributed by atoms with Gasteiger partial charge in [-0.05, 0) is 50.1 Å². The van der Waals surface area contributed by atoms with Gasteiger partial charge in [0.25, 0.3) is 5.91 Å². The van der Waals surface area contributed by atoms with Crippen molar-refractivity contribution < 1.29 is 35.9 Å². The number of fused-ring (bicyclic) bond motifs is 4. The van der Waals surface area contributed by atoms with E-state index < -0.39 is 35.2 Å². The van der Waals surface area contributed by atoms with Gasteiger partial charge in [-0.15, -0.1) is 0 Å². The molecule has 2 unspecified atom stereocenters. The molecule has 2 aromatic carbocycles. The van der Waals surface area contributed by atoms with Crippen molar-refractivity contribution in [2.45, 2.75) is 44.6 Å². The van der Waals surface area contributed by atoms with Crippen LogP contribution in [0.3, 0.4) is 0 Å². The molecule has 5 heterocycles. The summed E-state index contributed by atoms with van der Waals surface area (Å²) in [5, 5.41) is 3.93. The highest BCUT2D eigenvalue weighted by atomic mass is 19.4. The van der Waals surface area contributed by atoms with Crippen molar-refractivity contribution >= 4 is 11.6 Å². The van der Waals surface area contributed by atoms with Crippen LogP contribution in [-0.4, -0.2) is 62.6 Å². The summed E-state index contributed by atoms with van der Waals surface area (Å²) < 4.78 is 90.5. The Kier molecular flexibility index (Phi) is 6.87. The first kappa shape index (κ1) is 28.0. The van der Waals surface area contributed by atoms with E-state index in [-0.39, 0.29) is 53.2 Å². The number of aromatic nitrogens is 3.